The van der Waals surface area contributed by atoms with Gasteiger partial charge >= 0.3 is 11.9 Å². The fourth-order valence-corrected chi connectivity index (χ4v) is 1.97. The van der Waals surface area contributed by atoms with Crippen molar-refractivity contribution in [3.8, 4) is 0 Å². The zero-order valence-electron chi connectivity index (χ0n) is 11.3. The minimum atomic E-state index is -1.38. The third kappa shape index (κ3) is 3.83. The first-order valence-electron chi connectivity index (χ1n) is 6.03. The van der Waals surface area contributed by atoms with E-state index in [1.807, 2.05) is 0 Å². The number of hydrogen-bond donors (Lipinski definition) is 0. The standard InChI is InChI=1S/C13H21BrO4/c1-5-17-11(15)13(10(3)4,8-7-9-14)12(16)18-6-2/h3,5-9H2,1-2,4H3. The maximum Gasteiger partial charge on any atom is 0.327 e. The van der Waals surface area contributed by atoms with E-state index in [0.29, 0.717) is 23.7 Å². The summed E-state index contributed by atoms with van der Waals surface area (Å²) in [6.07, 6.45) is 0.996. The van der Waals surface area contributed by atoms with Crippen LogP contribution >= 0.6 is 15.9 Å². The maximum absolute atomic E-state index is 12.1. The third-order valence-electron chi connectivity index (χ3n) is 2.66. The highest BCUT2D eigenvalue weighted by atomic mass is 79.9. The molecule has 0 amide bonds. The molecule has 0 heterocycles. The Morgan fingerprint density at radius 3 is 1.89 bits per heavy atom. The number of esters is 2. The van der Waals surface area contributed by atoms with Crippen LogP contribution in [0.5, 0.6) is 0 Å². The summed E-state index contributed by atoms with van der Waals surface area (Å²) in [4.78, 5) is 24.3. The van der Waals surface area contributed by atoms with Crippen LogP contribution in [0.4, 0.5) is 0 Å². The Labute approximate surface area is 117 Å². The molecule has 0 saturated carbocycles. The maximum atomic E-state index is 12.1. The molecule has 0 aromatic carbocycles. The van der Waals surface area contributed by atoms with E-state index in [1.165, 1.54) is 0 Å². The van der Waals surface area contributed by atoms with Gasteiger partial charge in [-0.3, -0.25) is 9.59 Å². The largest absolute Gasteiger partial charge is 0.465 e. The summed E-state index contributed by atoms with van der Waals surface area (Å²) in [6.45, 7) is 9.28. The normalized spacial score (nSPS) is 10.9. The van der Waals surface area contributed by atoms with Gasteiger partial charge in [0.1, 0.15) is 0 Å². The minimum Gasteiger partial charge on any atom is -0.465 e. The third-order valence-corrected chi connectivity index (χ3v) is 3.22. The van der Waals surface area contributed by atoms with Crippen LogP contribution in [0.2, 0.25) is 0 Å². The predicted octanol–water partition coefficient (Wildman–Crippen LogP) is 2.85. The summed E-state index contributed by atoms with van der Waals surface area (Å²) in [7, 11) is 0. The Hall–Kier alpha value is -0.840. The van der Waals surface area contributed by atoms with Crippen molar-refractivity contribution in [1.29, 1.82) is 0 Å². The van der Waals surface area contributed by atoms with E-state index in [-0.39, 0.29) is 13.2 Å². The zero-order valence-corrected chi connectivity index (χ0v) is 12.8. The first-order valence-corrected chi connectivity index (χ1v) is 7.15. The van der Waals surface area contributed by atoms with Crippen LogP contribution in [0.15, 0.2) is 12.2 Å². The molecule has 18 heavy (non-hydrogen) atoms. The Morgan fingerprint density at radius 1 is 1.17 bits per heavy atom. The van der Waals surface area contributed by atoms with Crippen LogP contribution in [0.3, 0.4) is 0 Å². The molecule has 5 heteroatoms. The van der Waals surface area contributed by atoms with E-state index < -0.39 is 17.4 Å². The van der Waals surface area contributed by atoms with Crippen LogP contribution in [0, 0.1) is 5.41 Å². The Kier molecular flexibility index (Phi) is 7.91. The summed E-state index contributed by atoms with van der Waals surface area (Å²) >= 11 is 3.29. The van der Waals surface area contributed by atoms with E-state index in [9.17, 15) is 9.59 Å². The number of carbonyl (C=O) groups is 2. The molecule has 0 aliphatic heterocycles. The van der Waals surface area contributed by atoms with Crippen LogP contribution in [-0.2, 0) is 19.1 Å². The molecule has 0 rings (SSSR count). The van der Waals surface area contributed by atoms with E-state index >= 15 is 0 Å². The molecule has 0 atom stereocenters. The zero-order chi connectivity index (χ0) is 14.2. The van der Waals surface area contributed by atoms with Crippen molar-refractivity contribution >= 4 is 27.9 Å². The number of halogens is 1. The summed E-state index contributed by atoms with van der Waals surface area (Å²) in [6, 6.07) is 0. The van der Waals surface area contributed by atoms with Gasteiger partial charge in [-0.2, -0.15) is 0 Å². The molecular formula is C13H21BrO4. The molecule has 0 N–H and O–H groups in total. The second-order valence-corrected chi connectivity index (χ2v) is 4.71. The van der Waals surface area contributed by atoms with Crippen LogP contribution in [-0.4, -0.2) is 30.5 Å². The fourth-order valence-electron chi connectivity index (χ4n) is 1.69. The Bertz CT molecular complexity index is 294. The predicted molar refractivity (Wildman–Crippen MR) is 73.5 cm³/mol. The van der Waals surface area contributed by atoms with Crippen molar-refractivity contribution in [1.82, 2.24) is 0 Å². The lowest BCUT2D eigenvalue weighted by atomic mass is 9.77. The topological polar surface area (TPSA) is 52.6 Å². The molecular weight excluding hydrogens is 300 g/mol. The average molecular weight is 321 g/mol. The van der Waals surface area contributed by atoms with Gasteiger partial charge in [-0.25, -0.2) is 0 Å². The second kappa shape index (κ2) is 8.29. The molecule has 0 fully saturated rings. The van der Waals surface area contributed by atoms with Gasteiger partial charge < -0.3 is 9.47 Å². The van der Waals surface area contributed by atoms with E-state index in [0.717, 1.165) is 0 Å². The molecule has 0 radical (unpaired) electrons. The highest BCUT2D eigenvalue weighted by Crippen LogP contribution is 2.35. The van der Waals surface area contributed by atoms with Crippen LogP contribution < -0.4 is 0 Å². The second-order valence-electron chi connectivity index (χ2n) is 3.92. The molecule has 0 aromatic rings. The minimum absolute atomic E-state index is 0.224. The van der Waals surface area contributed by atoms with Crippen molar-refractivity contribution in [2.45, 2.75) is 33.6 Å². The van der Waals surface area contributed by atoms with Gasteiger partial charge in [0.05, 0.1) is 13.2 Å². The van der Waals surface area contributed by atoms with Crippen molar-refractivity contribution in [2.75, 3.05) is 18.5 Å². The Morgan fingerprint density at radius 2 is 1.61 bits per heavy atom. The fraction of sp³-hybridized carbons (Fsp3) is 0.692. The number of rotatable bonds is 8. The monoisotopic (exact) mass is 320 g/mol. The molecule has 0 spiro atoms. The quantitative estimate of drug-likeness (QED) is 0.299. The number of ether oxygens (including phenoxy) is 2. The van der Waals surface area contributed by atoms with Gasteiger partial charge in [-0.15, -0.1) is 0 Å². The Balaban J connectivity index is 5.34. The molecule has 0 saturated heterocycles. The van der Waals surface area contributed by atoms with Gasteiger partial charge in [0.2, 0.25) is 0 Å². The van der Waals surface area contributed by atoms with E-state index in [1.54, 1.807) is 20.8 Å². The molecule has 4 nitrogen and oxygen atoms in total. The highest BCUT2D eigenvalue weighted by molar-refractivity contribution is 9.09. The van der Waals surface area contributed by atoms with E-state index in [4.69, 9.17) is 9.47 Å². The SMILES string of the molecule is C=C(C)C(CCCBr)(C(=O)OCC)C(=O)OCC. The lowest BCUT2D eigenvalue weighted by Gasteiger charge is -2.29. The molecule has 104 valence electrons. The summed E-state index contributed by atoms with van der Waals surface area (Å²) in [5.41, 5.74) is -0.917. The van der Waals surface area contributed by atoms with Crippen molar-refractivity contribution in [2.24, 2.45) is 5.41 Å². The molecule has 0 aliphatic rings. The molecule has 0 unspecified atom stereocenters. The highest BCUT2D eigenvalue weighted by Gasteiger charge is 2.49. The number of alkyl halides is 1. The molecule has 0 bridgehead atoms. The van der Waals surface area contributed by atoms with E-state index in [2.05, 4.69) is 22.5 Å². The number of hydrogen-bond acceptors (Lipinski definition) is 4. The van der Waals surface area contributed by atoms with Gasteiger partial charge in [0.25, 0.3) is 0 Å². The number of carbonyl (C=O) groups excluding carboxylic acids is 2. The van der Waals surface area contributed by atoms with Gasteiger partial charge in [-0.1, -0.05) is 28.1 Å². The van der Waals surface area contributed by atoms with Crippen LogP contribution in [0.25, 0.3) is 0 Å². The first-order chi connectivity index (χ1) is 8.47. The van der Waals surface area contributed by atoms with Crippen LogP contribution in [0.1, 0.15) is 33.6 Å². The lowest BCUT2D eigenvalue weighted by molar-refractivity contribution is -0.169. The molecule has 0 aliphatic carbocycles. The first kappa shape index (κ1) is 17.2. The van der Waals surface area contributed by atoms with Crippen molar-refractivity contribution in [3.63, 3.8) is 0 Å². The summed E-state index contributed by atoms with van der Waals surface area (Å²) < 4.78 is 10.0. The lowest BCUT2D eigenvalue weighted by Crippen LogP contribution is -2.43. The van der Waals surface area contributed by atoms with Crippen molar-refractivity contribution < 1.29 is 19.1 Å². The average Bonchev–Trinajstić information content (AvgIpc) is 2.30. The van der Waals surface area contributed by atoms with Gasteiger partial charge in [0.15, 0.2) is 5.41 Å². The van der Waals surface area contributed by atoms with Crippen molar-refractivity contribution in [3.05, 3.63) is 12.2 Å². The summed E-state index contributed by atoms with van der Waals surface area (Å²) in [5.74, 6) is -1.14. The van der Waals surface area contributed by atoms with Gasteiger partial charge in [-0.05, 0) is 33.6 Å². The molecule has 0 aromatic heterocycles. The summed E-state index contributed by atoms with van der Waals surface area (Å²) in [5, 5.41) is 0.695. The smallest absolute Gasteiger partial charge is 0.327 e. The van der Waals surface area contributed by atoms with Gasteiger partial charge in [0, 0.05) is 5.33 Å².